The van der Waals surface area contributed by atoms with Crippen LogP contribution in [0.15, 0.2) is 42.6 Å². The molecule has 0 atom stereocenters. The van der Waals surface area contributed by atoms with Crippen LogP contribution < -0.4 is 10.1 Å². The van der Waals surface area contributed by atoms with Gasteiger partial charge in [0.2, 0.25) is 0 Å². The monoisotopic (exact) mass is 351 g/mol. The number of anilines is 1. The van der Waals surface area contributed by atoms with Crippen LogP contribution in [-0.4, -0.2) is 41.4 Å². The third-order valence-corrected chi connectivity index (χ3v) is 4.99. The molecule has 6 heteroatoms. The van der Waals surface area contributed by atoms with Gasteiger partial charge in [0.15, 0.2) is 6.61 Å². The second-order valence-electron chi connectivity index (χ2n) is 6.81. The van der Waals surface area contributed by atoms with Crippen LogP contribution in [0.2, 0.25) is 0 Å². The zero-order valence-corrected chi connectivity index (χ0v) is 14.5. The third kappa shape index (κ3) is 3.54. The van der Waals surface area contributed by atoms with Crippen LogP contribution in [0.1, 0.15) is 28.9 Å². The van der Waals surface area contributed by atoms with E-state index >= 15 is 0 Å². The Balaban J connectivity index is 1.38. The van der Waals surface area contributed by atoms with E-state index in [9.17, 15) is 9.59 Å². The molecular formula is C20H21N3O3. The molecule has 0 unspecified atom stereocenters. The molecule has 6 nitrogen and oxygen atoms in total. The van der Waals surface area contributed by atoms with Crippen LogP contribution in [0.25, 0.3) is 0 Å². The summed E-state index contributed by atoms with van der Waals surface area (Å²) in [6.07, 6.45) is 4.75. The molecule has 1 aromatic carbocycles. The standard InChI is InChI=1S/C20H21N3O3/c24-19-13-26-18-5-4-15(12-17(18)22-19)20(25)23-9-6-14(7-10-23)11-16-3-1-2-8-21-16/h1-5,8,12,14H,6-7,9-11,13H2,(H,22,24). The van der Waals surface area contributed by atoms with Crippen molar-refractivity contribution in [3.8, 4) is 5.75 Å². The number of hydrogen-bond acceptors (Lipinski definition) is 4. The van der Waals surface area contributed by atoms with Crippen LogP contribution >= 0.6 is 0 Å². The van der Waals surface area contributed by atoms with Gasteiger partial charge in [-0.1, -0.05) is 6.07 Å². The largest absolute Gasteiger partial charge is 0.482 e. The second-order valence-corrected chi connectivity index (χ2v) is 6.81. The number of nitrogens with one attached hydrogen (secondary N) is 1. The molecule has 4 rings (SSSR count). The fourth-order valence-electron chi connectivity index (χ4n) is 3.55. The third-order valence-electron chi connectivity index (χ3n) is 4.99. The summed E-state index contributed by atoms with van der Waals surface area (Å²) in [4.78, 5) is 30.5. The van der Waals surface area contributed by atoms with Gasteiger partial charge in [0.25, 0.3) is 11.8 Å². The van der Waals surface area contributed by atoms with Crippen molar-refractivity contribution >= 4 is 17.5 Å². The summed E-state index contributed by atoms with van der Waals surface area (Å²) in [6.45, 7) is 1.51. The lowest BCUT2D eigenvalue weighted by Crippen LogP contribution is -2.39. The van der Waals surface area contributed by atoms with Gasteiger partial charge in [-0.2, -0.15) is 0 Å². The highest BCUT2D eigenvalue weighted by atomic mass is 16.5. The van der Waals surface area contributed by atoms with Crippen molar-refractivity contribution in [1.82, 2.24) is 9.88 Å². The van der Waals surface area contributed by atoms with Crippen LogP contribution in [-0.2, 0) is 11.2 Å². The highest BCUT2D eigenvalue weighted by Crippen LogP contribution is 2.29. The summed E-state index contributed by atoms with van der Waals surface area (Å²) in [7, 11) is 0. The number of rotatable bonds is 3. The van der Waals surface area contributed by atoms with Crippen LogP contribution in [0.4, 0.5) is 5.69 Å². The van der Waals surface area contributed by atoms with Gasteiger partial charge in [0.05, 0.1) is 5.69 Å². The van der Waals surface area contributed by atoms with Crippen molar-refractivity contribution in [2.24, 2.45) is 5.92 Å². The molecule has 0 spiro atoms. The Bertz CT molecular complexity index is 814. The Morgan fingerprint density at radius 1 is 1.23 bits per heavy atom. The number of carbonyl (C=O) groups excluding carboxylic acids is 2. The molecule has 2 aromatic rings. The van der Waals surface area contributed by atoms with E-state index in [4.69, 9.17) is 4.74 Å². The fraction of sp³-hybridized carbons (Fsp3) is 0.350. The fourth-order valence-corrected chi connectivity index (χ4v) is 3.55. The minimum absolute atomic E-state index is 0.00362. The average Bonchev–Trinajstić information content (AvgIpc) is 2.68. The number of carbonyl (C=O) groups is 2. The van der Waals surface area contributed by atoms with Crippen LogP contribution in [0, 0.1) is 5.92 Å². The molecule has 0 aliphatic carbocycles. The van der Waals surface area contributed by atoms with Crippen LogP contribution in [0.3, 0.4) is 0 Å². The lowest BCUT2D eigenvalue weighted by molar-refractivity contribution is -0.118. The number of pyridine rings is 1. The van der Waals surface area contributed by atoms with Gasteiger partial charge in [-0.3, -0.25) is 14.6 Å². The zero-order valence-electron chi connectivity index (χ0n) is 14.5. The summed E-state index contributed by atoms with van der Waals surface area (Å²) in [5, 5.41) is 2.75. The van der Waals surface area contributed by atoms with Crippen molar-refractivity contribution in [3.05, 3.63) is 53.9 Å². The summed E-state index contributed by atoms with van der Waals surface area (Å²) in [5.41, 5.74) is 2.26. The Morgan fingerprint density at radius 2 is 2.08 bits per heavy atom. The number of ether oxygens (including phenoxy) is 1. The minimum atomic E-state index is -0.197. The van der Waals surface area contributed by atoms with E-state index in [1.54, 1.807) is 18.2 Å². The molecule has 1 N–H and O–H groups in total. The molecule has 0 bridgehead atoms. The Kier molecular flexibility index (Phi) is 4.56. The maximum Gasteiger partial charge on any atom is 0.262 e. The predicted molar refractivity (Wildman–Crippen MR) is 97.1 cm³/mol. The SMILES string of the molecule is O=C1COc2ccc(C(=O)N3CCC(Cc4ccccn4)CC3)cc2N1. The average molecular weight is 351 g/mol. The van der Waals surface area contributed by atoms with Gasteiger partial charge in [-0.25, -0.2) is 0 Å². The minimum Gasteiger partial charge on any atom is -0.482 e. The predicted octanol–water partition coefficient (Wildman–Crippen LogP) is 2.51. The molecule has 1 saturated heterocycles. The number of hydrogen-bond donors (Lipinski definition) is 1. The van der Waals surface area contributed by atoms with Gasteiger partial charge >= 0.3 is 0 Å². The van der Waals surface area contributed by atoms with Gasteiger partial charge in [-0.05, 0) is 55.5 Å². The number of aromatic nitrogens is 1. The highest BCUT2D eigenvalue weighted by Gasteiger charge is 2.25. The normalized spacial score (nSPS) is 17.2. The first-order chi connectivity index (χ1) is 12.7. The quantitative estimate of drug-likeness (QED) is 0.922. The molecule has 134 valence electrons. The van der Waals surface area contributed by atoms with E-state index in [-0.39, 0.29) is 18.4 Å². The lowest BCUT2D eigenvalue weighted by atomic mass is 9.91. The smallest absolute Gasteiger partial charge is 0.262 e. The van der Waals surface area contributed by atoms with Gasteiger partial charge in [-0.15, -0.1) is 0 Å². The molecule has 0 radical (unpaired) electrons. The molecule has 0 saturated carbocycles. The molecule has 3 heterocycles. The number of amides is 2. The van der Waals surface area contributed by atoms with Gasteiger partial charge in [0, 0.05) is 30.5 Å². The van der Waals surface area contributed by atoms with Gasteiger partial charge in [0.1, 0.15) is 5.75 Å². The molecular weight excluding hydrogens is 330 g/mol. The zero-order chi connectivity index (χ0) is 17.9. The topological polar surface area (TPSA) is 71.5 Å². The molecule has 2 aliphatic rings. The van der Waals surface area contributed by atoms with E-state index < -0.39 is 0 Å². The van der Waals surface area contributed by atoms with Crippen LogP contribution in [0.5, 0.6) is 5.75 Å². The highest BCUT2D eigenvalue weighted by molar-refractivity contribution is 5.99. The van der Waals surface area contributed by atoms with E-state index in [1.807, 2.05) is 23.2 Å². The number of fused-ring (bicyclic) bond motifs is 1. The summed E-state index contributed by atoms with van der Waals surface area (Å²) in [5.74, 6) is 0.974. The maximum absolute atomic E-state index is 12.8. The first-order valence-corrected chi connectivity index (χ1v) is 8.95. The summed E-state index contributed by atoms with van der Waals surface area (Å²) >= 11 is 0. The number of nitrogens with zero attached hydrogens (tertiary/aromatic N) is 2. The van der Waals surface area contributed by atoms with E-state index in [2.05, 4.69) is 16.4 Å². The molecule has 2 aliphatic heterocycles. The van der Waals surface area contributed by atoms with Crippen molar-refractivity contribution in [3.63, 3.8) is 0 Å². The van der Waals surface area contributed by atoms with Gasteiger partial charge < -0.3 is 15.0 Å². The summed E-state index contributed by atoms with van der Waals surface area (Å²) < 4.78 is 5.34. The molecule has 1 fully saturated rings. The van der Waals surface area contributed by atoms with E-state index in [0.29, 0.717) is 22.9 Å². The Labute approximate surface area is 152 Å². The molecule has 26 heavy (non-hydrogen) atoms. The summed E-state index contributed by atoms with van der Waals surface area (Å²) in [6, 6.07) is 11.2. The number of benzene rings is 1. The van der Waals surface area contributed by atoms with Crippen molar-refractivity contribution < 1.29 is 14.3 Å². The second kappa shape index (κ2) is 7.15. The number of piperidine rings is 1. The maximum atomic E-state index is 12.8. The van der Waals surface area contributed by atoms with E-state index in [0.717, 1.165) is 38.0 Å². The molecule has 1 aromatic heterocycles. The van der Waals surface area contributed by atoms with Crippen molar-refractivity contribution in [2.75, 3.05) is 25.0 Å². The Hall–Kier alpha value is -2.89. The van der Waals surface area contributed by atoms with E-state index in [1.165, 1.54) is 0 Å². The number of likely N-dealkylation sites (tertiary alicyclic amines) is 1. The Morgan fingerprint density at radius 3 is 2.85 bits per heavy atom. The van der Waals surface area contributed by atoms with Crippen molar-refractivity contribution in [2.45, 2.75) is 19.3 Å². The van der Waals surface area contributed by atoms with Crippen molar-refractivity contribution in [1.29, 1.82) is 0 Å². The first-order valence-electron chi connectivity index (χ1n) is 8.95. The lowest BCUT2D eigenvalue weighted by Gasteiger charge is -2.32. The molecule has 2 amide bonds. The first kappa shape index (κ1) is 16.6.